The fourth-order valence-corrected chi connectivity index (χ4v) is 2.78. The Bertz CT molecular complexity index is 241. The van der Waals surface area contributed by atoms with E-state index in [9.17, 15) is 0 Å². The topological polar surface area (TPSA) is 33.6 Å². The molecule has 0 fully saturated rings. The first-order valence-corrected chi connectivity index (χ1v) is 6.99. The molecule has 0 aromatic heterocycles. The highest BCUT2D eigenvalue weighted by Gasteiger charge is 2.23. The molecule has 0 aromatic carbocycles. The van der Waals surface area contributed by atoms with E-state index in [4.69, 9.17) is 9.73 Å². The van der Waals surface area contributed by atoms with Gasteiger partial charge in [0.15, 0.2) is 5.17 Å². The summed E-state index contributed by atoms with van der Waals surface area (Å²) in [6, 6.07) is 0.838. The van der Waals surface area contributed by atoms with Crippen molar-refractivity contribution in [2.75, 3.05) is 19.5 Å². The van der Waals surface area contributed by atoms with Crippen LogP contribution in [0.3, 0.4) is 0 Å². The molecule has 1 N–H and O–H groups in total. The lowest BCUT2D eigenvalue weighted by molar-refractivity contribution is 0.156. The predicted octanol–water partition coefficient (Wildman–Crippen LogP) is 2.37. The molecule has 0 amide bonds. The van der Waals surface area contributed by atoms with Gasteiger partial charge in [0.2, 0.25) is 0 Å². The fourth-order valence-electron chi connectivity index (χ4n) is 1.55. The first kappa shape index (κ1) is 13.8. The lowest BCUT2D eigenvalue weighted by Crippen LogP contribution is -2.40. The number of aliphatic imine (C=N–C) groups is 1. The van der Waals surface area contributed by atoms with E-state index in [1.165, 1.54) is 0 Å². The van der Waals surface area contributed by atoms with Crippen LogP contribution in [-0.4, -0.2) is 36.7 Å². The van der Waals surface area contributed by atoms with Crippen molar-refractivity contribution in [2.45, 2.75) is 39.8 Å². The minimum absolute atomic E-state index is 0.363. The number of methoxy groups -OCH3 is 1. The molecule has 0 bridgehead atoms. The zero-order valence-corrected chi connectivity index (χ0v) is 11.8. The molecule has 1 aliphatic heterocycles. The highest BCUT2D eigenvalue weighted by Crippen LogP contribution is 2.22. The zero-order valence-electron chi connectivity index (χ0n) is 11.0. The Hall–Kier alpha value is -0.220. The quantitative estimate of drug-likeness (QED) is 0.806. The van der Waals surface area contributed by atoms with Crippen molar-refractivity contribution in [1.82, 2.24) is 5.32 Å². The molecule has 0 spiro atoms. The van der Waals surface area contributed by atoms with Gasteiger partial charge in [-0.1, -0.05) is 39.5 Å². The van der Waals surface area contributed by atoms with Crippen molar-refractivity contribution >= 4 is 16.9 Å². The summed E-state index contributed by atoms with van der Waals surface area (Å²) >= 11 is 1.83. The molecule has 0 aromatic rings. The maximum Gasteiger partial charge on any atom is 0.157 e. The van der Waals surface area contributed by atoms with Gasteiger partial charge in [-0.05, 0) is 11.8 Å². The molecule has 94 valence electrons. The molecule has 0 saturated carbocycles. The van der Waals surface area contributed by atoms with Gasteiger partial charge < -0.3 is 10.1 Å². The molecule has 0 aliphatic carbocycles. The standard InChI is InChI=1S/C12H24N2OS/c1-8(2)10(6-15-5)13-12-14-11(7-16-12)9(3)4/h8-11H,6-7H2,1-5H3,(H,13,14)/t10?,11-/m1/s1. The van der Waals surface area contributed by atoms with Crippen LogP contribution in [-0.2, 0) is 4.74 Å². The third-order valence-corrected chi connectivity index (χ3v) is 3.91. The molecule has 0 radical (unpaired) electrons. The van der Waals surface area contributed by atoms with E-state index >= 15 is 0 Å². The third-order valence-electron chi connectivity index (χ3n) is 2.90. The van der Waals surface area contributed by atoms with Gasteiger partial charge in [0.1, 0.15) is 0 Å². The Kier molecular flexibility index (Phi) is 5.62. The van der Waals surface area contributed by atoms with Gasteiger partial charge in [-0.2, -0.15) is 0 Å². The van der Waals surface area contributed by atoms with Crippen LogP contribution in [0.2, 0.25) is 0 Å². The minimum Gasteiger partial charge on any atom is -0.383 e. The summed E-state index contributed by atoms with van der Waals surface area (Å²) in [5.74, 6) is 2.30. The zero-order chi connectivity index (χ0) is 12.1. The summed E-state index contributed by atoms with van der Waals surface area (Å²) in [6.07, 6.45) is 0. The number of amidine groups is 1. The van der Waals surface area contributed by atoms with Gasteiger partial charge in [-0.3, -0.25) is 4.99 Å². The van der Waals surface area contributed by atoms with Gasteiger partial charge in [0, 0.05) is 12.9 Å². The van der Waals surface area contributed by atoms with Gasteiger partial charge in [-0.25, -0.2) is 0 Å². The number of ether oxygens (including phenoxy) is 1. The average molecular weight is 244 g/mol. The third kappa shape index (κ3) is 3.98. The second kappa shape index (κ2) is 6.50. The van der Waals surface area contributed by atoms with Gasteiger partial charge in [-0.15, -0.1) is 0 Å². The van der Waals surface area contributed by atoms with E-state index in [1.807, 2.05) is 11.8 Å². The Morgan fingerprint density at radius 3 is 2.56 bits per heavy atom. The van der Waals surface area contributed by atoms with Crippen LogP contribution < -0.4 is 5.32 Å². The van der Waals surface area contributed by atoms with Crippen molar-refractivity contribution < 1.29 is 4.74 Å². The molecular weight excluding hydrogens is 220 g/mol. The highest BCUT2D eigenvalue weighted by atomic mass is 32.2. The van der Waals surface area contributed by atoms with Crippen molar-refractivity contribution in [2.24, 2.45) is 16.8 Å². The SMILES string of the molecule is COCC(NC1=N[C@@H](C(C)C)CS1)C(C)C. The smallest absolute Gasteiger partial charge is 0.157 e. The lowest BCUT2D eigenvalue weighted by Gasteiger charge is -2.22. The summed E-state index contributed by atoms with van der Waals surface area (Å²) < 4.78 is 5.22. The Labute approximate surface area is 103 Å². The van der Waals surface area contributed by atoms with E-state index in [1.54, 1.807) is 7.11 Å². The van der Waals surface area contributed by atoms with Crippen LogP contribution in [0, 0.1) is 11.8 Å². The van der Waals surface area contributed by atoms with E-state index in [-0.39, 0.29) is 0 Å². The first-order valence-electron chi connectivity index (χ1n) is 6.00. The maximum atomic E-state index is 5.22. The summed E-state index contributed by atoms with van der Waals surface area (Å²) in [5, 5.41) is 4.58. The molecule has 2 atom stereocenters. The van der Waals surface area contributed by atoms with Crippen molar-refractivity contribution in [3.63, 3.8) is 0 Å². The number of thioether (sulfide) groups is 1. The molecule has 1 heterocycles. The summed E-state index contributed by atoms with van der Waals surface area (Å²) in [5.41, 5.74) is 0. The van der Waals surface area contributed by atoms with Gasteiger partial charge >= 0.3 is 0 Å². The van der Waals surface area contributed by atoms with Gasteiger partial charge in [0.25, 0.3) is 0 Å². The molecular formula is C12H24N2OS. The minimum atomic E-state index is 0.363. The van der Waals surface area contributed by atoms with Gasteiger partial charge in [0.05, 0.1) is 18.7 Å². The molecule has 4 heteroatoms. The Morgan fingerprint density at radius 1 is 1.44 bits per heavy atom. The van der Waals surface area contributed by atoms with Crippen LogP contribution in [0.15, 0.2) is 4.99 Å². The van der Waals surface area contributed by atoms with E-state index in [2.05, 4.69) is 33.0 Å². The van der Waals surface area contributed by atoms with E-state index < -0.39 is 0 Å². The Balaban J connectivity index is 2.49. The van der Waals surface area contributed by atoms with Crippen LogP contribution in [0.1, 0.15) is 27.7 Å². The van der Waals surface area contributed by atoms with Crippen molar-refractivity contribution in [3.05, 3.63) is 0 Å². The molecule has 1 unspecified atom stereocenters. The number of nitrogens with zero attached hydrogens (tertiary/aromatic N) is 1. The second-order valence-electron chi connectivity index (χ2n) is 5.01. The molecule has 0 saturated heterocycles. The Morgan fingerprint density at radius 2 is 2.12 bits per heavy atom. The number of hydrogen-bond donors (Lipinski definition) is 1. The molecule has 1 aliphatic rings. The fraction of sp³-hybridized carbons (Fsp3) is 0.917. The summed E-state index contributed by atoms with van der Waals surface area (Å²) in [4.78, 5) is 4.70. The van der Waals surface area contributed by atoms with Crippen LogP contribution in [0.25, 0.3) is 0 Å². The van der Waals surface area contributed by atoms with Crippen molar-refractivity contribution in [3.8, 4) is 0 Å². The number of hydrogen-bond acceptors (Lipinski definition) is 4. The molecule has 16 heavy (non-hydrogen) atoms. The van der Waals surface area contributed by atoms with E-state index in [0.29, 0.717) is 23.9 Å². The normalized spacial score (nSPS) is 22.7. The van der Waals surface area contributed by atoms with Crippen LogP contribution in [0.5, 0.6) is 0 Å². The average Bonchev–Trinajstić information content (AvgIpc) is 2.65. The first-order chi connectivity index (χ1) is 7.54. The number of rotatable bonds is 5. The lowest BCUT2D eigenvalue weighted by atomic mass is 10.1. The van der Waals surface area contributed by atoms with E-state index in [0.717, 1.165) is 17.5 Å². The maximum absolute atomic E-state index is 5.22. The molecule has 1 rings (SSSR count). The predicted molar refractivity (Wildman–Crippen MR) is 72.2 cm³/mol. The summed E-state index contributed by atoms with van der Waals surface area (Å²) in [6.45, 7) is 9.61. The largest absolute Gasteiger partial charge is 0.383 e. The van der Waals surface area contributed by atoms with Crippen LogP contribution >= 0.6 is 11.8 Å². The monoisotopic (exact) mass is 244 g/mol. The highest BCUT2D eigenvalue weighted by molar-refractivity contribution is 8.14. The molecule has 3 nitrogen and oxygen atoms in total. The second-order valence-corrected chi connectivity index (χ2v) is 6.02. The van der Waals surface area contributed by atoms with Crippen molar-refractivity contribution in [1.29, 1.82) is 0 Å². The number of nitrogens with one attached hydrogen (secondary N) is 1. The van der Waals surface area contributed by atoms with Crippen LogP contribution in [0.4, 0.5) is 0 Å². The summed E-state index contributed by atoms with van der Waals surface area (Å²) in [7, 11) is 1.75.